The van der Waals surface area contributed by atoms with Gasteiger partial charge in [0.1, 0.15) is 16.9 Å². The number of hydrogen-bond donors (Lipinski definition) is 1. The van der Waals surface area contributed by atoms with Crippen LogP contribution in [0, 0.1) is 0 Å². The summed E-state index contributed by atoms with van der Waals surface area (Å²) in [6.07, 6.45) is 0. The second-order valence-corrected chi connectivity index (χ2v) is 6.71. The zero-order chi connectivity index (χ0) is 21.4. The number of carbonyl (C=O) groups is 2. The van der Waals surface area contributed by atoms with Crippen molar-refractivity contribution in [3.8, 4) is 17.2 Å². The number of Topliss-reactive ketones (excluding diaryl/α,β-unsaturated/α-hetero) is 1. The van der Waals surface area contributed by atoms with E-state index in [9.17, 15) is 9.59 Å². The van der Waals surface area contributed by atoms with Gasteiger partial charge in [0.2, 0.25) is 5.78 Å². The van der Waals surface area contributed by atoms with Gasteiger partial charge in [-0.15, -0.1) is 0 Å². The fraction of sp³-hybridized carbons (Fsp3) is 0.350. The number of methoxy groups -OCH3 is 3. The van der Waals surface area contributed by atoms with Gasteiger partial charge in [0.15, 0.2) is 17.2 Å². The van der Waals surface area contributed by atoms with Crippen LogP contribution >= 0.6 is 15.9 Å². The third-order valence-electron chi connectivity index (χ3n) is 4.00. The Labute approximate surface area is 177 Å². The van der Waals surface area contributed by atoms with E-state index in [2.05, 4.69) is 26.2 Å². The van der Waals surface area contributed by atoms with Crippen LogP contribution < -0.4 is 19.5 Å². The van der Waals surface area contributed by atoms with E-state index in [1.54, 1.807) is 44.4 Å². The molecule has 0 bridgehead atoms. The molecule has 1 N–H and O–H groups in total. The second kappa shape index (κ2) is 10.8. The highest BCUT2D eigenvalue weighted by atomic mass is 79.9. The summed E-state index contributed by atoms with van der Waals surface area (Å²) in [5, 5.41) is 2.67. The van der Waals surface area contributed by atoms with Crippen molar-refractivity contribution in [2.24, 2.45) is 0 Å². The molecule has 1 aromatic heterocycles. The molecular formula is C20H23BrN2O6. The van der Waals surface area contributed by atoms with E-state index in [0.29, 0.717) is 40.6 Å². The average molecular weight is 467 g/mol. The van der Waals surface area contributed by atoms with Crippen LogP contribution in [0.25, 0.3) is 0 Å². The van der Waals surface area contributed by atoms with Crippen LogP contribution in [0.3, 0.4) is 0 Å². The number of halogens is 1. The van der Waals surface area contributed by atoms with Gasteiger partial charge in [0.05, 0.1) is 26.9 Å². The molecule has 0 aliphatic rings. The molecule has 2 rings (SSSR count). The van der Waals surface area contributed by atoms with Gasteiger partial charge in [0.25, 0.3) is 5.91 Å². The Hall–Kier alpha value is -2.65. The highest BCUT2D eigenvalue weighted by Gasteiger charge is 2.21. The molecular weight excluding hydrogens is 444 g/mol. The van der Waals surface area contributed by atoms with E-state index < -0.39 is 11.9 Å². The number of ether oxygens (including phenoxy) is 4. The summed E-state index contributed by atoms with van der Waals surface area (Å²) < 4.78 is 21.3. The minimum absolute atomic E-state index is 0.213. The highest BCUT2D eigenvalue weighted by Crippen LogP contribution is 2.28. The molecule has 0 aliphatic heterocycles. The van der Waals surface area contributed by atoms with E-state index in [1.807, 2.05) is 0 Å². The smallest absolute Gasteiger partial charge is 0.252 e. The summed E-state index contributed by atoms with van der Waals surface area (Å²) in [5.74, 6) is 0.678. The number of aromatic nitrogens is 1. The Bertz CT molecular complexity index is 874. The maximum Gasteiger partial charge on any atom is 0.252 e. The average Bonchev–Trinajstić information content (AvgIpc) is 2.73. The van der Waals surface area contributed by atoms with Crippen molar-refractivity contribution in [3.05, 3.63) is 46.2 Å². The van der Waals surface area contributed by atoms with E-state index in [4.69, 9.17) is 18.9 Å². The molecule has 1 atom stereocenters. The Morgan fingerprint density at radius 3 is 2.34 bits per heavy atom. The van der Waals surface area contributed by atoms with Crippen molar-refractivity contribution >= 4 is 27.6 Å². The first-order valence-electron chi connectivity index (χ1n) is 8.76. The molecule has 29 heavy (non-hydrogen) atoms. The number of rotatable bonds is 10. The predicted octanol–water partition coefficient (Wildman–Crippen LogP) is 2.89. The molecule has 0 saturated heterocycles. The summed E-state index contributed by atoms with van der Waals surface area (Å²) in [6.45, 7) is 2.38. The minimum atomic E-state index is -0.779. The molecule has 0 saturated carbocycles. The Morgan fingerprint density at radius 1 is 1.03 bits per heavy atom. The summed E-state index contributed by atoms with van der Waals surface area (Å²) in [4.78, 5) is 29.3. The van der Waals surface area contributed by atoms with Crippen LogP contribution in [0.1, 0.15) is 27.8 Å². The van der Waals surface area contributed by atoms with Crippen LogP contribution in [-0.2, 0) is 4.74 Å². The normalized spacial score (nSPS) is 11.5. The van der Waals surface area contributed by atoms with E-state index >= 15 is 0 Å². The SMILES string of the molecule is COCCOc1ccc(C(=O)NC(C)C(=O)c2ccc(OC)c(Br)n2)cc1OC. The van der Waals surface area contributed by atoms with Gasteiger partial charge in [0, 0.05) is 12.7 Å². The molecule has 1 aromatic carbocycles. The Morgan fingerprint density at radius 2 is 1.72 bits per heavy atom. The van der Waals surface area contributed by atoms with Gasteiger partial charge < -0.3 is 24.3 Å². The second-order valence-electron chi connectivity index (χ2n) is 5.96. The lowest BCUT2D eigenvalue weighted by Crippen LogP contribution is -2.38. The van der Waals surface area contributed by atoms with Gasteiger partial charge in [-0.25, -0.2) is 4.98 Å². The zero-order valence-corrected chi connectivity index (χ0v) is 18.2. The molecule has 0 radical (unpaired) electrons. The van der Waals surface area contributed by atoms with Crippen molar-refractivity contribution in [1.82, 2.24) is 10.3 Å². The molecule has 2 aromatic rings. The molecule has 1 amide bonds. The third kappa shape index (κ3) is 5.91. The Kier molecular flexibility index (Phi) is 8.41. The minimum Gasteiger partial charge on any atom is -0.494 e. The van der Waals surface area contributed by atoms with Crippen molar-refractivity contribution < 1.29 is 28.5 Å². The fourth-order valence-electron chi connectivity index (χ4n) is 2.44. The van der Waals surface area contributed by atoms with E-state index in [1.165, 1.54) is 14.2 Å². The number of pyridine rings is 1. The molecule has 9 heteroatoms. The summed E-state index contributed by atoms with van der Waals surface area (Å²) in [6, 6.07) is 7.18. The van der Waals surface area contributed by atoms with Crippen LogP contribution in [0.15, 0.2) is 34.9 Å². The lowest BCUT2D eigenvalue weighted by molar-refractivity contribution is 0.0862. The van der Waals surface area contributed by atoms with Crippen LogP contribution in [0.2, 0.25) is 0 Å². The van der Waals surface area contributed by atoms with Crippen molar-refractivity contribution in [3.63, 3.8) is 0 Å². The van der Waals surface area contributed by atoms with Crippen LogP contribution in [-0.4, -0.2) is 57.3 Å². The van der Waals surface area contributed by atoms with Crippen molar-refractivity contribution in [2.75, 3.05) is 34.5 Å². The summed E-state index contributed by atoms with van der Waals surface area (Å²) in [7, 11) is 4.57. The van der Waals surface area contributed by atoms with Crippen molar-refractivity contribution in [1.29, 1.82) is 0 Å². The molecule has 1 unspecified atom stereocenters. The molecule has 1 heterocycles. The zero-order valence-electron chi connectivity index (χ0n) is 16.7. The number of benzene rings is 1. The number of hydrogen-bond acceptors (Lipinski definition) is 7. The third-order valence-corrected chi connectivity index (χ3v) is 4.57. The first kappa shape index (κ1) is 22.6. The Balaban J connectivity index is 2.08. The maximum atomic E-state index is 12.6. The molecule has 0 aliphatic carbocycles. The van der Waals surface area contributed by atoms with Crippen LogP contribution in [0.5, 0.6) is 17.2 Å². The fourth-order valence-corrected chi connectivity index (χ4v) is 2.93. The molecule has 0 spiro atoms. The summed E-state index contributed by atoms with van der Waals surface area (Å²) >= 11 is 3.25. The number of ketones is 1. The van der Waals surface area contributed by atoms with Gasteiger partial charge in [-0.1, -0.05) is 0 Å². The first-order chi connectivity index (χ1) is 13.9. The molecule has 156 valence electrons. The van der Waals surface area contributed by atoms with Gasteiger partial charge >= 0.3 is 0 Å². The lowest BCUT2D eigenvalue weighted by Gasteiger charge is -2.15. The molecule has 8 nitrogen and oxygen atoms in total. The molecule has 0 fully saturated rings. The number of carbonyl (C=O) groups excluding carboxylic acids is 2. The van der Waals surface area contributed by atoms with Crippen LogP contribution in [0.4, 0.5) is 0 Å². The monoisotopic (exact) mass is 466 g/mol. The van der Waals surface area contributed by atoms with Gasteiger partial charge in [-0.3, -0.25) is 9.59 Å². The van der Waals surface area contributed by atoms with E-state index in [-0.39, 0.29) is 11.5 Å². The van der Waals surface area contributed by atoms with E-state index in [0.717, 1.165) is 0 Å². The standard InChI is InChI=1S/C20H23BrN2O6/c1-12(18(24)14-6-8-16(27-3)19(21)23-14)22-20(25)13-5-7-15(17(11-13)28-4)29-10-9-26-2/h5-8,11-12H,9-10H2,1-4H3,(H,22,25). The largest absolute Gasteiger partial charge is 0.494 e. The van der Waals surface area contributed by atoms with Gasteiger partial charge in [-0.2, -0.15) is 0 Å². The first-order valence-corrected chi connectivity index (χ1v) is 9.56. The summed E-state index contributed by atoms with van der Waals surface area (Å²) in [5.41, 5.74) is 0.550. The number of nitrogens with one attached hydrogen (secondary N) is 1. The maximum absolute atomic E-state index is 12.6. The number of nitrogens with zero attached hydrogens (tertiary/aromatic N) is 1. The highest BCUT2D eigenvalue weighted by molar-refractivity contribution is 9.10. The number of amides is 1. The topological polar surface area (TPSA) is 96.0 Å². The lowest BCUT2D eigenvalue weighted by atomic mass is 10.1. The predicted molar refractivity (Wildman–Crippen MR) is 110 cm³/mol. The van der Waals surface area contributed by atoms with Gasteiger partial charge in [-0.05, 0) is 53.2 Å². The van der Waals surface area contributed by atoms with Crippen molar-refractivity contribution in [2.45, 2.75) is 13.0 Å². The quantitative estimate of drug-likeness (QED) is 0.326.